The van der Waals surface area contributed by atoms with Gasteiger partial charge in [-0.15, -0.1) is 0 Å². The van der Waals surface area contributed by atoms with E-state index in [1.54, 1.807) is 0 Å². The molecule has 0 amide bonds. The molecule has 1 saturated heterocycles. The summed E-state index contributed by atoms with van der Waals surface area (Å²) >= 11 is 0. The molecule has 3 rings (SSSR count). The maximum Gasteiger partial charge on any atom is 0.112 e. The van der Waals surface area contributed by atoms with E-state index in [1.165, 1.54) is 0 Å². The lowest BCUT2D eigenvalue weighted by molar-refractivity contribution is -0.144. The fourth-order valence-corrected chi connectivity index (χ4v) is 3.51. The Kier molecular flexibility index (Phi) is 3.54. The SMILES string of the molecule is CCn1c(CC2(O)CCOC(C)(C)C2)nc2ccccc21. The van der Waals surface area contributed by atoms with Crippen LogP contribution in [-0.4, -0.2) is 32.5 Å². The third kappa shape index (κ3) is 2.83. The van der Waals surface area contributed by atoms with Gasteiger partial charge < -0.3 is 14.4 Å². The summed E-state index contributed by atoms with van der Waals surface area (Å²) in [6, 6.07) is 8.16. The number of hydrogen-bond donors (Lipinski definition) is 1. The highest BCUT2D eigenvalue weighted by Crippen LogP contribution is 2.34. The highest BCUT2D eigenvalue weighted by Gasteiger charge is 2.40. The van der Waals surface area contributed by atoms with E-state index in [9.17, 15) is 5.11 Å². The molecule has 21 heavy (non-hydrogen) atoms. The van der Waals surface area contributed by atoms with E-state index in [4.69, 9.17) is 9.72 Å². The van der Waals surface area contributed by atoms with Crippen molar-refractivity contribution in [3.63, 3.8) is 0 Å². The van der Waals surface area contributed by atoms with Gasteiger partial charge in [-0.3, -0.25) is 0 Å². The molecule has 4 nitrogen and oxygen atoms in total. The Morgan fingerprint density at radius 2 is 2.10 bits per heavy atom. The van der Waals surface area contributed by atoms with E-state index in [1.807, 2.05) is 32.0 Å². The highest BCUT2D eigenvalue weighted by molar-refractivity contribution is 5.75. The molecule has 0 aliphatic carbocycles. The molecule has 1 aromatic carbocycles. The molecule has 1 aliphatic heterocycles. The number of fused-ring (bicyclic) bond motifs is 1. The van der Waals surface area contributed by atoms with Gasteiger partial charge in [0.25, 0.3) is 0 Å². The Bertz CT molecular complexity index is 647. The van der Waals surface area contributed by atoms with Gasteiger partial charge in [0, 0.05) is 25.8 Å². The van der Waals surface area contributed by atoms with Gasteiger partial charge in [-0.1, -0.05) is 12.1 Å². The van der Waals surface area contributed by atoms with Gasteiger partial charge in [0.05, 0.1) is 28.8 Å². The van der Waals surface area contributed by atoms with Crippen molar-refractivity contribution < 1.29 is 9.84 Å². The van der Waals surface area contributed by atoms with Crippen molar-refractivity contribution in [1.29, 1.82) is 0 Å². The summed E-state index contributed by atoms with van der Waals surface area (Å²) in [4.78, 5) is 4.73. The highest BCUT2D eigenvalue weighted by atomic mass is 16.5. The van der Waals surface area contributed by atoms with E-state index in [0.29, 0.717) is 25.9 Å². The van der Waals surface area contributed by atoms with Gasteiger partial charge in [-0.05, 0) is 32.9 Å². The largest absolute Gasteiger partial charge is 0.389 e. The number of rotatable bonds is 3. The van der Waals surface area contributed by atoms with Crippen molar-refractivity contribution in [1.82, 2.24) is 9.55 Å². The lowest BCUT2D eigenvalue weighted by atomic mass is 9.82. The molecule has 1 N–H and O–H groups in total. The zero-order valence-corrected chi connectivity index (χ0v) is 13.1. The third-order valence-electron chi connectivity index (χ3n) is 4.35. The van der Waals surface area contributed by atoms with Crippen LogP contribution in [0.1, 0.15) is 39.4 Å². The molecule has 2 aromatic rings. The van der Waals surface area contributed by atoms with E-state index < -0.39 is 5.60 Å². The van der Waals surface area contributed by atoms with Crippen LogP contribution in [0.5, 0.6) is 0 Å². The lowest BCUT2D eigenvalue weighted by Crippen LogP contribution is -2.47. The molecule has 0 spiro atoms. The van der Waals surface area contributed by atoms with Crippen LogP contribution in [0.4, 0.5) is 0 Å². The first-order chi connectivity index (χ1) is 9.92. The predicted octanol–water partition coefficient (Wildman–Crippen LogP) is 2.92. The van der Waals surface area contributed by atoms with Crippen LogP contribution in [0, 0.1) is 0 Å². The Labute approximate surface area is 125 Å². The Morgan fingerprint density at radius 3 is 2.81 bits per heavy atom. The monoisotopic (exact) mass is 288 g/mol. The molecule has 1 fully saturated rings. The molecule has 4 heteroatoms. The number of benzene rings is 1. The third-order valence-corrected chi connectivity index (χ3v) is 4.35. The number of ether oxygens (including phenoxy) is 1. The van der Waals surface area contributed by atoms with Crippen molar-refractivity contribution >= 4 is 11.0 Å². The van der Waals surface area contributed by atoms with Crippen LogP contribution in [0.3, 0.4) is 0 Å². The number of para-hydroxylation sites is 2. The summed E-state index contributed by atoms with van der Waals surface area (Å²) in [6.07, 6.45) is 1.90. The summed E-state index contributed by atoms with van der Waals surface area (Å²) in [5, 5.41) is 11.0. The molecule has 1 aliphatic rings. The predicted molar refractivity (Wildman–Crippen MR) is 83.3 cm³/mol. The molecule has 1 aromatic heterocycles. The first-order valence-electron chi connectivity index (χ1n) is 7.73. The van der Waals surface area contributed by atoms with Gasteiger partial charge in [0.1, 0.15) is 5.82 Å². The summed E-state index contributed by atoms with van der Waals surface area (Å²) in [5.74, 6) is 0.971. The van der Waals surface area contributed by atoms with Crippen molar-refractivity contribution in [3.05, 3.63) is 30.1 Å². The van der Waals surface area contributed by atoms with E-state index in [2.05, 4.69) is 17.6 Å². The average Bonchev–Trinajstić information content (AvgIpc) is 2.73. The van der Waals surface area contributed by atoms with Crippen molar-refractivity contribution in [2.45, 2.75) is 57.8 Å². The lowest BCUT2D eigenvalue weighted by Gasteiger charge is -2.41. The molecule has 0 radical (unpaired) electrons. The summed E-state index contributed by atoms with van der Waals surface area (Å²) in [5.41, 5.74) is 1.15. The Hall–Kier alpha value is -1.39. The second-order valence-electron chi connectivity index (χ2n) is 6.70. The first kappa shape index (κ1) is 14.5. The number of hydrogen-bond acceptors (Lipinski definition) is 3. The quantitative estimate of drug-likeness (QED) is 0.944. The van der Waals surface area contributed by atoms with Crippen LogP contribution >= 0.6 is 0 Å². The maximum absolute atomic E-state index is 11.0. The van der Waals surface area contributed by atoms with Crippen molar-refractivity contribution in [2.24, 2.45) is 0 Å². The van der Waals surface area contributed by atoms with Crippen LogP contribution < -0.4 is 0 Å². The second-order valence-corrected chi connectivity index (χ2v) is 6.70. The number of aliphatic hydroxyl groups is 1. The molecule has 0 bridgehead atoms. The van der Waals surface area contributed by atoms with Crippen molar-refractivity contribution in [2.75, 3.05) is 6.61 Å². The number of aryl methyl sites for hydroxylation is 1. The second kappa shape index (κ2) is 5.11. The van der Waals surface area contributed by atoms with Gasteiger partial charge in [-0.2, -0.15) is 0 Å². The Balaban J connectivity index is 1.94. The molecule has 114 valence electrons. The van der Waals surface area contributed by atoms with Crippen LogP contribution in [0.15, 0.2) is 24.3 Å². The fraction of sp³-hybridized carbons (Fsp3) is 0.588. The summed E-state index contributed by atoms with van der Waals surface area (Å²) in [6.45, 7) is 7.68. The van der Waals surface area contributed by atoms with Crippen LogP contribution in [-0.2, 0) is 17.7 Å². The normalized spacial score (nSPS) is 25.3. The van der Waals surface area contributed by atoms with E-state index >= 15 is 0 Å². The molecule has 0 saturated carbocycles. The molecular formula is C17H24N2O2. The van der Waals surface area contributed by atoms with Gasteiger partial charge in [-0.25, -0.2) is 4.98 Å². The Morgan fingerprint density at radius 1 is 1.33 bits per heavy atom. The molecular weight excluding hydrogens is 264 g/mol. The van der Waals surface area contributed by atoms with Gasteiger partial charge in [0.15, 0.2) is 0 Å². The van der Waals surface area contributed by atoms with E-state index in [-0.39, 0.29) is 5.60 Å². The molecule has 2 heterocycles. The summed E-state index contributed by atoms with van der Waals surface area (Å²) in [7, 11) is 0. The van der Waals surface area contributed by atoms with Gasteiger partial charge in [0.2, 0.25) is 0 Å². The summed E-state index contributed by atoms with van der Waals surface area (Å²) < 4.78 is 7.93. The fourth-order valence-electron chi connectivity index (χ4n) is 3.51. The first-order valence-corrected chi connectivity index (χ1v) is 7.73. The molecule has 1 atom stereocenters. The number of aromatic nitrogens is 2. The smallest absolute Gasteiger partial charge is 0.112 e. The van der Waals surface area contributed by atoms with Crippen molar-refractivity contribution in [3.8, 4) is 0 Å². The minimum absolute atomic E-state index is 0.268. The zero-order chi connectivity index (χ0) is 15.1. The topological polar surface area (TPSA) is 47.3 Å². The van der Waals surface area contributed by atoms with E-state index in [0.717, 1.165) is 23.4 Å². The average molecular weight is 288 g/mol. The van der Waals surface area contributed by atoms with Gasteiger partial charge >= 0.3 is 0 Å². The molecule has 1 unspecified atom stereocenters. The maximum atomic E-state index is 11.0. The zero-order valence-electron chi connectivity index (χ0n) is 13.1. The minimum atomic E-state index is -0.726. The van der Waals surface area contributed by atoms with Crippen LogP contribution in [0.25, 0.3) is 11.0 Å². The van der Waals surface area contributed by atoms with Crippen LogP contribution in [0.2, 0.25) is 0 Å². The minimum Gasteiger partial charge on any atom is -0.389 e. The standard InChI is InChI=1S/C17H24N2O2/c1-4-19-14-8-6-5-7-13(14)18-15(19)11-17(20)9-10-21-16(2,3)12-17/h5-8,20H,4,9-12H2,1-3H3. The number of imidazole rings is 1. The number of nitrogens with zero attached hydrogens (tertiary/aromatic N) is 2.